The molecule has 4 heteroatoms. The summed E-state index contributed by atoms with van der Waals surface area (Å²) in [6, 6.07) is 0. The first-order valence-electron chi connectivity index (χ1n) is 39.2. The van der Waals surface area contributed by atoms with Gasteiger partial charge in [-0.2, -0.15) is 0 Å². The number of nitrogens with one attached hydrogen (secondary N) is 2. The van der Waals surface area contributed by atoms with Crippen LogP contribution >= 0.6 is 0 Å². The molecule has 0 bridgehead atoms. The van der Waals surface area contributed by atoms with Gasteiger partial charge >= 0.3 is 0 Å². The highest BCUT2D eigenvalue weighted by Crippen LogP contribution is 2.20. The second kappa shape index (κ2) is 76.0. The zero-order valence-corrected chi connectivity index (χ0v) is 57.1. The Balaban J connectivity index is 3.20. The van der Waals surface area contributed by atoms with Gasteiger partial charge < -0.3 is 10.6 Å². The highest BCUT2D eigenvalue weighted by molar-refractivity contribution is 5.76. The Morgan fingerprint density at radius 2 is 0.268 bits per heavy atom. The van der Waals surface area contributed by atoms with Crippen molar-refractivity contribution in [2.75, 3.05) is 13.1 Å². The van der Waals surface area contributed by atoms with Gasteiger partial charge in [-0.1, -0.05) is 438 Å². The fourth-order valence-electron chi connectivity index (χ4n) is 12.9. The van der Waals surface area contributed by atoms with Gasteiger partial charge in [-0.05, 0) is 25.7 Å². The maximum Gasteiger partial charge on any atom is 0.219 e. The van der Waals surface area contributed by atoms with Gasteiger partial charge in [0.25, 0.3) is 0 Å². The molecule has 82 heavy (non-hydrogen) atoms. The van der Waals surface area contributed by atoms with E-state index < -0.39 is 0 Å². The summed E-state index contributed by atoms with van der Waals surface area (Å²) >= 11 is 0. The number of hydrogen-bond acceptors (Lipinski definition) is 2. The highest BCUT2D eigenvalue weighted by Gasteiger charge is 2.05. The Hall–Kier alpha value is -1.06. The molecule has 0 aromatic carbocycles. The molecule has 2 amide bonds. The van der Waals surface area contributed by atoms with Gasteiger partial charge in [0.15, 0.2) is 0 Å². The van der Waals surface area contributed by atoms with Crippen molar-refractivity contribution in [3.63, 3.8) is 0 Å². The molecular weight excluding hydrogens is 997 g/mol. The van der Waals surface area contributed by atoms with Crippen LogP contribution in [0, 0.1) is 0 Å². The van der Waals surface area contributed by atoms with Crippen LogP contribution in [-0.2, 0) is 9.59 Å². The fourth-order valence-corrected chi connectivity index (χ4v) is 12.9. The molecule has 0 aliphatic heterocycles. The molecule has 2 N–H and O–H groups in total. The van der Waals surface area contributed by atoms with Crippen LogP contribution in [-0.4, -0.2) is 24.9 Å². The van der Waals surface area contributed by atoms with Gasteiger partial charge in [0.1, 0.15) is 0 Å². The van der Waals surface area contributed by atoms with Crippen LogP contribution in [0.3, 0.4) is 0 Å². The summed E-state index contributed by atoms with van der Waals surface area (Å²) in [7, 11) is 0. The molecule has 0 atom stereocenters. The minimum Gasteiger partial charge on any atom is -0.356 e. The molecule has 0 aromatic heterocycles. The van der Waals surface area contributed by atoms with Gasteiger partial charge in [0.2, 0.25) is 11.8 Å². The average Bonchev–Trinajstić information content (AvgIpc) is 3.48. The van der Waals surface area contributed by atoms with Crippen molar-refractivity contribution in [1.29, 1.82) is 0 Å². The summed E-state index contributed by atoms with van der Waals surface area (Å²) in [6.45, 7) is 6.21. The van der Waals surface area contributed by atoms with Crippen molar-refractivity contribution in [1.82, 2.24) is 10.6 Å². The average molecular weight is 1150 g/mol. The summed E-state index contributed by atoms with van der Waals surface area (Å²) < 4.78 is 0. The SMILES string of the molecule is CCCCCCCCCCCCCCCCCCCCCCCCCCCCCCCCCCCC(=O)NCCCCCCNC(=O)CCCCCCCCCCCCCCCCCCCCCCCCCCCCCCCCCCC. The zero-order chi connectivity index (χ0) is 58.9. The predicted molar refractivity (Wildman–Crippen MR) is 370 cm³/mol. The minimum atomic E-state index is 0.231. The zero-order valence-electron chi connectivity index (χ0n) is 57.1. The van der Waals surface area contributed by atoms with E-state index in [0.717, 1.165) is 51.6 Å². The second-order valence-electron chi connectivity index (χ2n) is 27.2. The van der Waals surface area contributed by atoms with Crippen molar-refractivity contribution >= 4 is 11.8 Å². The van der Waals surface area contributed by atoms with E-state index in [1.165, 1.54) is 411 Å². The Morgan fingerprint density at radius 1 is 0.159 bits per heavy atom. The van der Waals surface area contributed by atoms with Crippen molar-refractivity contribution in [2.24, 2.45) is 0 Å². The van der Waals surface area contributed by atoms with Crippen LogP contribution in [0.4, 0.5) is 0 Å². The third kappa shape index (κ3) is 75.0. The van der Waals surface area contributed by atoms with E-state index in [4.69, 9.17) is 0 Å². The smallest absolute Gasteiger partial charge is 0.219 e. The first kappa shape index (κ1) is 80.9. The minimum absolute atomic E-state index is 0.231. The normalized spacial score (nSPS) is 11.6. The topological polar surface area (TPSA) is 58.2 Å². The van der Waals surface area contributed by atoms with Crippen LogP contribution in [0.25, 0.3) is 0 Å². The lowest BCUT2D eigenvalue weighted by atomic mass is 10.0. The first-order chi connectivity index (χ1) is 40.7. The Kier molecular flexibility index (Phi) is 75.1. The van der Waals surface area contributed by atoms with E-state index in [1.54, 1.807) is 0 Å². The lowest BCUT2D eigenvalue weighted by Gasteiger charge is -2.07. The van der Waals surface area contributed by atoms with Crippen molar-refractivity contribution in [3.8, 4) is 0 Å². The standard InChI is InChI=1S/C78H156N2O2/c1-3-5-7-9-11-13-15-17-19-21-23-25-27-29-31-33-35-37-39-41-43-45-47-49-51-53-55-57-59-61-63-65-69-73-77(81)79-75-71-67-68-72-76-80-78(82)74-70-66-64-62-60-58-56-54-52-50-48-46-44-42-40-38-36-34-32-30-28-26-24-22-20-18-16-14-12-10-8-6-4-2/h3-76H2,1-2H3,(H,79,81)(H,80,82). The molecule has 0 saturated carbocycles. The van der Waals surface area contributed by atoms with Crippen molar-refractivity contribution < 1.29 is 9.59 Å². The lowest BCUT2D eigenvalue weighted by molar-refractivity contribution is -0.122. The quantitative estimate of drug-likeness (QED) is 0.0596. The van der Waals surface area contributed by atoms with Gasteiger partial charge in [0.05, 0.1) is 0 Å². The van der Waals surface area contributed by atoms with Crippen LogP contribution in [0.1, 0.15) is 476 Å². The van der Waals surface area contributed by atoms with Crippen LogP contribution in [0.2, 0.25) is 0 Å². The van der Waals surface area contributed by atoms with E-state index in [9.17, 15) is 9.59 Å². The molecule has 0 spiro atoms. The Bertz CT molecular complexity index is 1070. The molecule has 0 unspecified atom stereocenters. The third-order valence-electron chi connectivity index (χ3n) is 18.8. The number of unbranched alkanes of at least 4 members (excludes halogenated alkanes) is 67. The molecule has 4 nitrogen and oxygen atoms in total. The summed E-state index contributed by atoms with van der Waals surface area (Å²) in [6.07, 6.45) is 99.8. The summed E-state index contributed by atoms with van der Waals surface area (Å²) in [5.74, 6) is 0.463. The molecule has 0 fully saturated rings. The van der Waals surface area contributed by atoms with E-state index in [-0.39, 0.29) is 11.8 Å². The number of rotatable bonds is 75. The number of carbonyl (C=O) groups is 2. The molecule has 0 radical (unpaired) electrons. The second-order valence-corrected chi connectivity index (χ2v) is 27.2. The van der Waals surface area contributed by atoms with E-state index in [2.05, 4.69) is 24.5 Å². The molecule has 0 aliphatic carbocycles. The summed E-state index contributed by atoms with van der Waals surface area (Å²) in [5.41, 5.74) is 0. The van der Waals surface area contributed by atoms with Gasteiger partial charge in [-0.15, -0.1) is 0 Å². The fraction of sp³-hybridized carbons (Fsp3) is 0.974. The number of amides is 2. The van der Waals surface area contributed by atoms with Crippen LogP contribution in [0.5, 0.6) is 0 Å². The van der Waals surface area contributed by atoms with Gasteiger partial charge in [-0.25, -0.2) is 0 Å². The number of hydrogen-bond donors (Lipinski definition) is 2. The first-order valence-corrected chi connectivity index (χ1v) is 39.2. The maximum absolute atomic E-state index is 12.3. The molecular formula is C78H156N2O2. The largest absolute Gasteiger partial charge is 0.356 e. The predicted octanol–water partition coefficient (Wildman–Crippen LogP) is 27.3. The monoisotopic (exact) mass is 1150 g/mol. The number of carbonyl (C=O) groups excluding carboxylic acids is 2. The van der Waals surface area contributed by atoms with Crippen LogP contribution in [0.15, 0.2) is 0 Å². The van der Waals surface area contributed by atoms with E-state index >= 15 is 0 Å². The Labute approximate surface area is 518 Å². The molecule has 0 aromatic rings. The Morgan fingerprint density at radius 3 is 0.402 bits per heavy atom. The third-order valence-corrected chi connectivity index (χ3v) is 18.8. The molecule has 0 saturated heterocycles. The molecule has 0 rings (SSSR count). The lowest BCUT2D eigenvalue weighted by Crippen LogP contribution is -2.24. The molecule has 0 heterocycles. The van der Waals surface area contributed by atoms with E-state index in [1.807, 2.05) is 0 Å². The summed E-state index contributed by atoms with van der Waals surface area (Å²) in [4.78, 5) is 24.6. The van der Waals surface area contributed by atoms with Gasteiger partial charge in [-0.3, -0.25) is 9.59 Å². The van der Waals surface area contributed by atoms with Gasteiger partial charge in [0, 0.05) is 25.9 Å². The molecule has 490 valence electrons. The summed E-state index contributed by atoms with van der Waals surface area (Å²) in [5, 5.41) is 6.27. The molecule has 0 aliphatic rings. The highest BCUT2D eigenvalue weighted by atomic mass is 16.2. The van der Waals surface area contributed by atoms with Crippen LogP contribution < -0.4 is 10.6 Å². The maximum atomic E-state index is 12.3. The van der Waals surface area contributed by atoms with Crippen molar-refractivity contribution in [2.45, 2.75) is 476 Å². The van der Waals surface area contributed by atoms with E-state index in [0.29, 0.717) is 12.8 Å². The van der Waals surface area contributed by atoms with Crippen molar-refractivity contribution in [3.05, 3.63) is 0 Å².